The number of hydrogen-bond acceptors (Lipinski definition) is 2. The first-order chi connectivity index (χ1) is 10.1. The van der Waals surface area contributed by atoms with Gasteiger partial charge in [-0.25, -0.2) is 0 Å². The van der Waals surface area contributed by atoms with E-state index in [0.717, 1.165) is 50.1 Å². The van der Waals surface area contributed by atoms with E-state index in [2.05, 4.69) is 30.1 Å². The van der Waals surface area contributed by atoms with Crippen LogP contribution in [-0.4, -0.2) is 31.1 Å². The van der Waals surface area contributed by atoms with E-state index in [0.29, 0.717) is 10.0 Å². The van der Waals surface area contributed by atoms with E-state index < -0.39 is 0 Å². The zero-order chi connectivity index (χ0) is 15.2. The Kier molecular flexibility index (Phi) is 6.81. The molecule has 21 heavy (non-hydrogen) atoms. The molecule has 4 heteroatoms. The van der Waals surface area contributed by atoms with Crippen molar-refractivity contribution in [1.29, 1.82) is 0 Å². The molecule has 1 aliphatic heterocycles. The number of nitrogens with zero attached hydrogens (tertiary/aromatic N) is 1. The number of halogens is 2. The minimum absolute atomic E-state index is 0.654. The largest absolute Gasteiger partial charge is 0.316 e. The molecule has 0 radical (unpaired) electrons. The quantitative estimate of drug-likeness (QED) is 0.829. The summed E-state index contributed by atoms with van der Waals surface area (Å²) in [6.07, 6.45) is 2.59. The predicted octanol–water partition coefficient (Wildman–Crippen LogP) is 4.45. The van der Waals surface area contributed by atoms with Gasteiger partial charge in [-0.2, -0.15) is 0 Å². The van der Waals surface area contributed by atoms with E-state index in [1.807, 2.05) is 12.1 Å². The van der Waals surface area contributed by atoms with Crippen LogP contribution >= 0.6 is 23.2 Å². The predicted molar refractivity (Wildman–Crippen MR) is 92.2 cm³/mol. The maximum absolute atomic E-state index is 6.30. The van der Waals surface area contributed by atoms with Gasteiger partial charge in [0.2, 0.25) is 0 Å². The number of piperidine rings is 1. The standard InChI is InChI=1S/C17H26Cl2N2/c1-13(2)9-20-10-14-5-4-8-21(11-14)12-15-6-3-7-16(18)17(15)19/h3,6-7,13-14,20H,4-5,8-12H2,1-2H3. The van der Waals surface area contributed by atoms with Gasteiger partial charge in [-0.1, -0.05) is 49.2 Å². The fourth-order valence-corrected chi connectivity index (χ4v) is 3.33. The molecule has 1 unspecified atom stereocenters. The summed E-state index contributed by atoms with van der Waals surface area (Å²) in [5.74, 6) is 1.46. The summed E-state index contributed by atoms with van der Waals surface area (Å²) >= 11 is 12.4. The third-order valence-electron chi connectivity index (χ3n) is 4.01. The first kappa shape index (κ1) is 17.1. The second kappa shape index (κ2) is 8.38. The number of benzene rings is 1. The lowest BCUT2D eigenvalue weighted by atomic mass is 9.97. The van der Waals surface area contributed by atoms with Crippen LogP contribution in [0.4, 0.5) is 0 Å². The van der Waals surface area contributed by atoms with Gasteiger partial charge in [-0.15, -0.1) is 0 Å². The van der Waals surface area contributed by atoms with Crippen LogP contribution in [0.1, 0.15) is 32.3 Å². The van der Waals surface area contributed by atoms with E-state index >= 15 is 0 Å². The molecule has 0 saturated carbocycles. The molecule has 1 aromatic carbocycles. The number of nitrogens with one attached hydrogen (secondary N) is 1. The van der Waals surface area contributed by atoms with Gasteiger partial charge in [0.05, 0.1) is 10.0 Å². The Morgan fingerprint density at radius 2 is 2.14 bits per heavy atom. The molecule has 0 aromatic heterocycles. The van der Waals surface area contributed by atoms with Crippen molar-refractivity contribution in [1.82, 2.24) is 10.2 Å². The van der Waals surface area contributed by atoms with Crippen molar-refractivity contribution in [3.05, 3.63) is 33.8 Å². The van der Waals surface area contributed by atoms with Gasteiger partial charge >= 0.3 is 0 Å². The zero-order valence-corrected chi connectivity index (χ0v) is 14.6. The summed E-state index contributed by atoms with van der Waals surface area (Å²) in [4.78, 5) is 2.50. The zero-order valence-electron chi connectivity index (χ0n) is 13.0. The number of rotatable bonds is 6. The Balaban J connectivity index is 1.85. The molecule has 0 spiro atoms. The Labute approximate surface area is 138 Å². The Morgan fingerprint density at radius 3 is 2.90 bits per heavy atom. The van der Waals surface area contributed by atoms with E-state index in [9.17, 15) is 0 Å². The van der Waals surface area contributed by atoms with Crippen LogP contribution in [0.5, 0.6) is 0 Å². The number of likely N-dealkylation sites (tertiary alicyclic amines) is 1. The molecule has 2 nitrogen and oxygen atoms in total. The smallest absolute Gasteiger partial charge is 0.0637 e. The van der Waals surface area contributed by atoms with Crippen LogP contribution in [0.15, 0.2) is 18.2 Å². The van der Waals surface area contributed by atoms with Gasteiger partial charge in [-0.3, -0.25) is 4.90 Å². The highest BCUT2D eigenvalue weighted by Crippen LogP contribution is 2.27. The third-order valence-corrected chi connectivity index (χ3v) is 4.87. The highest BCUT2D eigenvalue weighted by Gasteiger charge is 2.20. The van der Waals surface area contributed by atoms with Crippen molar-refractivity contribution in [2.75, 3.05) is 26.2 Å². The maximum Gasteiger partial charge on any atom is 0.0637 e. The molecule has 1 atom stereocenters. The topological polar surface area (TPSA) is 15.3 Å². The first-order valence-corrected chi connectivity index (χ1v) is 8.67. The lowest BCUT2D eigenvalue weighted by Gasteiger charge is -2.33. The van der Waals surface area contributed by atoms with Crippen molar-refractivity contribution in [2.24, 2.45) is 11.8 Å². The highest BCUT2D eigenvalue weighted by atomic mass is 35.5. The van der Waals surface area contributed by atoms with Gasteiger partial charge in [0.1, 0.15) is 0 Å². The third kappa shape index (κ3) is 5.45. The second-order valence-electron chi connectivity index (χ2n) is 6.51. The first-order valence-electron chi connectivity index (χ1n) is 7.92. The van der Waals surface area contributed by atoms with E-state index in [-0.39, 0.29) is 0 Å². The van der Waals surface area contributed by atoms with Crippen molar-refractivity contribution >= 4 is 23.2 Å². The molecule has 0 bridgehead atoms. The molecular weight excluding hydrogens is 303 g/mol. The fraction of sp³-hybridized carbons (Fsp3) is 0.647. The molecule has 1 heterocycles. The van der Waals surface area contributed by atoms with Crippen molar-refractivity contribution < 1.29 is 0 Å². The molecule has 118 valence electrons. The van der Waals surface area contributed by atoms with Crippen LogP contribution in [0.3, 0.4) is 0 Å². The van der Waals surface area contributed by atoms with Crippen molar-refractivity contribution in [3.63, 3.8) is 0 Å². The maximum atomic E-state index is 6.30. The van der Waals surface area contributed by atoms with Crippen molar-refractivity contribution in [2.45, 2.75) is 33.2 Å². The van der Waals surface area contributed by atoms with Crippen LogP contribution in [0, 0.1) is 11.8 Å². The Bertz CT molecular complexity index is 448. The number of hydrogen-bond donors (Lipinski definition) is 1. The van der Waals surface area contributed by atoms with Gasteiger partial charge in [0.25, 0.3) is 0 Å². The summed E-state index contributed by atoms with van der Waals surface area (Å²) in [5.41, 5.74) is 1.14. The Hall–Kier alpha value is -0.280. The summed E-state index contributed by atoms with van der Waals surface area (Å²) in [6.45, 7) is 9.94. The summed E-state index contributed by atoms with van der Waals surface area (Å²) in [5, 5.41) is 4.95. The van der Waals surface area contributed by atoms with Gasteiger partial charge < -0.3 is 5.32 Å². The summed E-state index contributed by atoms with van der Waals surface area (Å²) < 4.78 is 0. The van der Waals surface area contributed by atoms with Crippen LogP contribution in [0.25, 0.3) is 0 Å². The lowest BCUT2D eigenvalue weighted by Crippen LogP contribution is -2.39. The lowest BCUT2D eigenvalue weighted by molar-refractivity contribution is 0.165. The monoisotopic (exact) mass is 328 g/mol. The molecule has 1 fully saturated rings. The van der Waals surface area contributed by atoms with Crippen molar-refractivity contribution in [3.8, 4) is 0 Å². The van der Waals surface area contributed by atoms with Gasteiger partial charge in [0.15, 0.2) is 0 Å². The second-order valence-corrected chi connectivity index (χ2v) is 7.29. The van der Waals surface area contributed by atoms with Gasteiger partial charge in [-0.05, 0) is 55.9 Å². The summed E-state index contributed by atoms with van der Waals surface area (Å²) in [7, 11) is 0. The van der Waals surface area contributed by atoms with E-state index in [1.165, 1.54) is 12.8 Å². The van der Waals surface area contributed by atoms with Crippen LogP contribution in [-0.2, 0) is 6.54 Å². The molecule has 1 aromatic rings. The average molecular weight is 329 g/mol. The fourth-order valence-electron chi connectivity index (χ4n) is 2.95. The average Bonchev–Trinajstić information content (AvgIpc) is 2.44. The van der Waals surface area contributed by atoms with Crippen LogP contribution < -0.4 is 5.32 Å². The minimum Gasteiger partial charge on any atom is -0.316 e. The minimum atomic E-state index is 0.654. The van der Waals surface area contributed by atoms with E-state index in [4.69, 9.17) is 23.2 Å². The summed E-state index contributed by atoms with van der Waals surface area (Å²) in [6, 6.07) is 5.91. The molecule has 2 rings (SSSR count). The molecule has 0 amide bonds. The van der Waals surface area contributed by atoms with Crippen LogP contribution in [0.2, 0.25) is 10.0 Å². The Morgan fingerprint density at radius 1 is 1.33 bits per heavy atom. The normalized spacial score (nSPS) is 20.1. The van der Waals surface area contributed by atoms with Gasteiger partial charge in [0, 0.05) is 13.1 Å². The molecule has 1 aliphatic rings. The van der Waals surface area contributed by atoms with E-state index in [1.54, 1.807) is 0 Å². The molecule has 0 aliphatic carbocycles. The SMILES string of the molecule is CC(C)CNCC1CCCN(Cc2cccc(Cl)c2Cl)C1. The molecule has 1 saturated heterocycles. The molecule has 1 N–H and O–H groups in total. The highest BCUT2D eigenvalue weighted by molar-refractivity contribution is 6.42. The molecular formula is C17H26Cl2N2.